The van der Waals surface area contributed by atoms with E-state index in [1.165, 1.54) is 17.5 Å². The van der Waals surface area contributed by atoms with Crippen molar-refractivity contribution < 1.29 is 19.1 Å². The van der Waals surface area contributed by atoms with Crippen molar-refractivity contribution in [2.75, 3.05) is 24.1 Å². The van der Waals surface area contributed by atoms with Crippen LogP contribution >= 0.6 is 23.1 Å². The van der Waals surface area contributed by atoms with Crippen molar-refractivity contribution in [1.82, 2.24) is 14.9 Å². The van der Waals surface area contributed by atoms with Gasteiger partial charge < -0.3 is 24.7 Å². The molecule has 4 rings (SSSR count). The lowest BCUT2D eigenvalue weighted by molar-refractivity contribution is -0.118. The monoisotopic (exact) mass is 474 g/mol. The molecule has 1 aromatic carbocycles. The molecule has 32 heavy (non-hydrogen) atoms. The Labute approximate surface area is 192 Å². The van der Waals surface area contributed by atoms with E-state index in [1.807, 2.05) is 13.2 Å². The summed E-state index contributed by atoms with van der Waals surface area (Å²) >= 11 is 2.85. The van der Waals surface area contributed by atoms with Gasteiger partial charge in [0, 0.05) is 30.4 Å². The number of carbonyl (C=O) groups is 2. The molecule has 168 valence electrons. The van der Waals surface area contributed by atoms with E-state index in [2.05, 4.69) is 15.6 Å². The molecule has 9 nitrogen and oxygen atoms in total. The van der Waals surface area contributed by atoms with E-state index in [4.69, 9.17) is 9.47 Å². The number of benzene rings is 1. The zero-order valence-corrected chi connectivity index (χ0v) is 19.2. The number of pyridine rings is 1. The van der Waals surface area contributed by atoms with Crippen LogP contribution < -0.4 is 25.5 Å². The summed E-state index contributed by atoms with van der Waals surface area (Å²) in [6.45, 7) is 2.54. The number of aromatic nitrogens is 2. The predicted octanol–water partition coefficient (Wildman–Crippen LogP) is 2.70. The Hall–Kier alpha value is -3.05. The van der Waals surface area contributed by atoms with Gasteiger partial charge in [-0.2, -0.15) is 11.8 Å². The van der Waals surface area contributed by atoms with Crippen LogP contribution in [-0.4, -0.2) is 46.2 Å². The quantitative estimate of drug-likeness (QED) is 0.516. The van der Waals surface area contributed by atoms with Crippen LogP contribution in [0.15, 0.2) is 34.7 Å². The van der Waals surface area contributed by atoms with Gasteiger partial charge in [-0.05, 0) is 31.4 Å². The normalized spacial score (nSPS) is 13.2. The average molecular weight is 475 g/mol. The van der Waals surface area contributed by atoms with Crippen molar-refractivity contribution in [2.45, 2.75) is 25.9 Å². The fourth-order valence-corrected chi connectivity index (χ4v) is 4.42. The maximum Gasteiger partial charge on any atom is 0.257 e. The van der Waals surface area contributed by atoms with Gasteiger partial charge >= 0.3 is 0 Å². The van der Waals surface area contributed by atoms with Gasteiger partial charge in [-0.3, -0.25) is 14.4 Å². The topological polar surface area (TPSA) is 112 Å². The Kier molecular flexibility index (Phi) is 6.66. The Morgan fingerprint density at radius 2 is 2.09 bits per heavy atom. The molecule has 3 heterocycles. The lowest BCUT2D eigenvalue weighted by Gasteiger charge is -2.18. The molecular weight excluding hydrogens is 452 g/mol. The molecule has 0 bridgehead atoms. The van der Waals surface area contributed by atoms with Crippen molar-refractivity contribution in [2.24, 2.45) is 0 Å². The molecule has 1 aliphatic rings. The first kappa shape index (κ1) is 22.2. The standard InChI is InChI=1S/C21H22N4O5S2/c1-3-25-10-13(18(26)12-8-16-17(9-15(12)25)30-11-29-16)19(27)23-14(4-6-31-2)20(28)24-21-22-5-7-32-21/h5,7-10,14H,3-4,6,11H2,1-2H3,(H,23,27)(H,22,24,28). The van der Waals surface area contributed by atoms with Gasteiger partial charge in [0.05, 0.1) is 10.9 Å². The van der Waals surface area contributed by atoms with Crippen LogP contribution in [0.3, 0.4) is 0 Å². The van der Waals surface area contributed by atoms with Crippen LogP contribution in [0.4, 0.5) is 5.13 Å². The molecule has 3 aromatic rings. The highest BCUT2D eigenvalue weighted by Crippen LogP contribution is 2.35. The van der Waals surface area contributed by atoms with E-state index in [0.29, 0.717) is 46.3 Å². The zero-order chi connectivity index (χ0) is 22.7. The average Bonchev–Trinajstić information content (AvgIpc) is 3.47. The number of fused-ring (bicyclic) bond motifs is 2. The number of nitrogens with zero attached hydrogens (tertiary/aromatic N) is 2. The predicted molar refractivity (Wildman–Crippen MR) is 125 cm³/mol. The molecule has 2 amide bonds. The van der Waals surface area contributed by atoms with Crippen molar-refractivity contribution >= 4 is 50.9 Å². The summed E-state index contributed by atoms with van der Waals surface area (Å²) in [6, 6.07) is 2.54. The fourth-order valence-electron chi connectivity index (χ4n) is 3.42. The molecule has 0 aliphatic carbocycles. The first-order valence-corrected chi connectivity index (χ1v) is 12.3. The van der Waals surface area contributed by atoms with E-state index in [-0.39, 0.29) is 18.3 Å². The number of carbonyl (C=O) groups excluding carboxylic acids is 2. The second-order valence-electron chi connectivity index (χ2n) is 7.01. The summed E-state index contributed by atoms with van der Waals surface area (Å²) in [6.07, 6.45) is 5.44. The number of thiazole rings is 1. The van der Waals surface area contributed by atoms with Gasteiger partial charge in [0.25, 0.3) is 5.91 Å². The minimum absolute atomic E-state index is 0.0329. The number of hydrogen-bond donors (Lipinski definition) is 2. The van der Waals surface area contributed by atoms with Crippen molar-refractivity contribution in [3.05, 3.63) is 45.7 Å². The lowest BCUT2D eigenvalue weighted by atomic mass is 10.1. The third-order valence-corrected chi connectivity index (χ3v) is 6.39. The van der Waals surface area contributed by atoms with Crippen molar-refractivity contribution in [3.63, 3.8) is 0 Å². The summed E-state index contributed by atoms with van der Waals surface area (Å²) in [5.74, 6) is 0.721. The van der Waals surface area contributed by atoms with Crippen LogP contribution in [0.2, 0.25) is 0 Å². The minimum Gasteiger partial charge on any atom is -0.454 e. The number of anilines is 1. The smallest absolute Gasteiger partial charge is 0.257 e. The second kappa shape index (κ2) is 9.61. The fraction of sp³-hybridized carbons (Fsp3) is 0.333. The third kappa shape index (κ3) is 4.44. The van der Waals surface area contributed by atoms with Crippen LogP contribution in [0.25, 0.3) is 10.9 Å². The summed E-state index contributed by atoms with van der Waals surface area (Å²) in [5, 5.41) is 8.01. The highest BCUT2D eigenvalue weighted by Gasteiger charge is 2.25. The molecular formula is C21H22N4O5S2. The largest absolute Gasteiger partial charge is 0.454 e. The Balaban J connectivity index is 1.65. The summed E-state index contributed by atoms with van der Waals surface area (Å²) in [4.78, 5) is 43.1. The minimum atomic E-state index is -0.805. The lowest BCUT2D eigenvalue weighted by Crippen LogP contribution is -2.45. The zero-order valence-electron chi connectivity index (χ0n) is 17.5. The van der Waals surface area contributed by atoms with Crippen LogP contribution in [-0.2, 0) is 11.3 Å². The van der Waals surface area contributed by atoms with Crippen LogP contribution in [0, 0.1) is 0 Å². The number of hydrogen-bond acceptors (Lipinski definition) is 8. The molecule has 0 fully saturated rings. The van der Waals surface area contributed by atoms with Gasteiger partial charge in [-0.1, -0.05) is 0 Å². The van der Waals surface area contributed by atoms with Gasteiger partial charge in [0.15, 0.2) is 16.6 Å². The van der Waals surface area contributed by atoms with E-state index >= 15 is 0 Å². The second-order valence-corrected chi connectivity index (χ2v) is 8.89. The highest BCUT2D eigenvalue weighted by molar-refractivity contribution is 7.98. The molecule has 1 unspecified atom stereocenters. The summed E-state index contributed by atoms with van der Waals surface area (Å²) < 4.78 is 12.6. The summed E-state index contributed by atoms with van der Waals surface area (Å²) in [5.41, 5.74) is 0.192. The van der Waals surface area contributed by atoms with Gasteiger partial charge in [0.1, 0.15) is 11.6 Å². The molecule has 11 heteroatoms. The van der Waals surface area contributed by atoms with Crippen LogP contribution in [0.5, 0.6) is 11.5 Å². The van der Waals surface area contributed by atoms with E-state index in [9.17, 15) is 14.4 Å². The van der Waals surface area contributed by atoms with E-state index in [0.717, 1.165) is 0 Å². The SMILES string of the molecule is CCn1cc(C(=O)NC(CCSC)C(=O)Nc2nccs2)c(=O)c2cc3c(cc21)OCO3. The van der Waals surface area contributed by atoms with E-state index < -0.39 is 17.4 Å². The molecule has 1 atom stereocenters. The van der Waals surface area contributed by atoms with Gasteiger partial charge in [-0.25, -0.2) is 4.98 Å². The highest BCUT2D eigenvalue weighted by atomic mass is 32.2. The number of amides is 2. The number of thioether (sulfide) groups is 1. The van der Waals surface area contributed by atoms with E-state index in [1.54, 1.807) is 40.0 Å². The number of aryl methyl sites for hydroxylation is 1. The van der Waals surface area contributed by atoms with Crippen LogP contribution in [0.1, 0.15) is 23.7 Å². The molecule has 0 radical (unpaired) electrons. The Bertz CT molecular complexity index is 1210. The maximum atomic E-state index is 13.2. The Morgan fingerprint density at radius 1 is 1.31 bits per heavy atom. The summed E-state index contributed by atoms with van der Waals surface area (Å²) in [7, 11) is 0. The molecule has 0 saturated heterocycles. The molecule has 1 aliphatic heterocycles. The van der Waals surface area contributed by atoms with Gasteiger partial charge in [-0.15, -0.1) is 11.3 Å². The molecule has 0 spiro atoms. The number of nitrogens with one attached hydrogen (secondary N) is 2. The molecule has 0 saturated carbocycles. The Morgan fingerprint density at radius 3 is 2.78 bits per heavy atom. The molecule has 2 aromatic heterocycles. The maximum absolute atomic E-state index is 13.2. The first-order chi connectivity index (χ1) is 15.5. The number of ether oxygens (including phenoxy) is 2. The van der Waals surface area contributed by atoms with Crippen molar-refractivity contribution in [3.8, 4) is 11.5 Å². The molecule has 2 N–H and O–H groups in total. The van der Waals surface area contributed by atoms with Gasteiger partial charge in [0.2, 0.25) is 18.1 Å². The third-order valence-electron chi connectivity index (χ3n) is 5.05. The van der Waals surface area contributed by atoms with Crippen molar-refractivity contribution in [1.29, 1.82) is 0 Å². The first-order valence-electron chi connectivity index (χ1n) is 9.98. The number of rotatable bonds is 8.